The third kappa shape index (κ3) is 4.14. The number of fused-ring (bicyclic) bond motifs is 1. The van der Waals surface area contributed by atoms with E-state index in [9.17, 15) is 0 Å². The molecule has 1 aliphatic heterocycles. The Morgan fingerprint density at radius 3 is 3.09 bits per heavy atom. The van der Waals surface area contributed by atoms with Crippen molar-refractivity contribution in [3.05, 3.63) is 34.4 Å². The highest BCUT2D eigenvalue weighted by molar-refractivity contribution is 14.0. The average Bonchev–Trinajstić information content (AvgIpc) is 2.86. The van der Waals surface area contributed by atoms with E-state index in [1.54, 1.807) is 0 Å². The Labute approximate surface area is 155 Å². The first-order chi connectivity index (χ1) is 10.1. The van der Waals surface area contributed by atoms with Crippen LogP contribution in [0, 0.1) is 0 Å². The fourth-order valence-corrected chi connectivity index (χ4v) is 2.92. The monoisotopic (exact) mass is 478 g/mol. The van der Waals surface area contributed by atoms with Crippen molar-refractivity contribution in [2.45, 2.75) is 19.6 Å². The largest absolute Gasteiger partial charge is 0.375 e. The van der Waals surface area contributed by atoms with Gasteiger partial charge in [-0.1, -0.05) is 15.9 Å². The number of guanidine groups is 1. The number of aromatic nitrogens is 1. The third-order valence-electron chi connectivity index (χ3n) is 3.62. The Hall–Kier alpha value is -0.800. The molecule has 0 bridgehead atoms. The number of hydrogen-bond donors (Lipinski definition) is 2. The van der Waals surface area contributed by atoms with E-state index in [1.807, 2.05) is 6.07 Å². The maximum absolute atomic E-state index is 6.08. The van der Waals surface area contributed by atoms with Crippen molar-refractivity contribution >= 4 is 56.8 Å². The van der Waals surface area contributed by atoms with Gasteiger partial charge in [0.05, 0.1) is 19.3 Å². The summed E-state index contributed by atoms with van der Waals surface area (Å²) in [4.78, 5) is 9.93. The van der Waals surface area contributed by atoms with Gasteiger partial charge in [-0.2, -0.15) is 0 Å². The van der Waals surface area contributed by atoms with Gasteiger partial charge in [-0.3, -0.25) is 0 Å². The highest BCUT2D eigenvalue weighted by atomic mass is 127. The molecular weight excluding hydrogens is 459 g/mol. The van der Waals surface area contributed by atoms with Crippen LogP contribution in [0.3, 0.4) is 0 Å². The molecule has 0 spiro atoms. The number of benzene rings is 1. The second-order valence-electron chi connectivity index (χ2n) is 5.33. The maximum atomic E-state index is 6.08. The van der Waals surface area contributed by atoms with Gasteiger partial charge in [0.2, 0.25) is 0 Å². The van der Waals surface area contributed by atoms with E-state index in [0.717, 1.165) is 28.8 Å². The molecule has 22 heavy (non-hydrogen) atoms. The molecule has 1 atom stereocenters. The highest BCUT2D eigenvalue weighted by Crippen LogP contribution is 2.20. The van der Waals surface area contributed by atoms with Gasteiger partial charge in [0.1, 0.15) is 0 Å². The van der Waals surface area contributed by atoms with E-state index in [-0.39, 0.29) is 30.1 Å². The van der Waals surface area contributed by atoms with Crippen LogP contribution in [0.15, 0.2) is 33.7 Å². The molecule has 0 saturated carbocycles. The van der Waals surface area contributed by atoms with Gasteiger partial charge in [0.25, 0.3) is 0 Å². The van der Waals surface area contributed by atoms with Crippen LogP contribution in [0.25, 0.3) is 10.9 Å². The minimum atomic E-state index is 0. The van der Waals surface area contributed by atoms with Gasteiger partial charge in [-0.05, 0) is 31.2 Å². The number of halogens is 2. The molecule has 5 nitrogen and oxygen atoms in total. The van der Waals surface area contributed by atoms with E-state index >= 15 is 0 Å². The van der Waals surface area contributed by atoms with Crippen LogP contribution in [0.2, 0.25) is 0 Å². The molecule has 0 aliphatic carbocycles. The molecule has 1 aromatic carbocycles. The minimum absolute atomic E-state index is 0. The van der Waals surface area contributed by atoms with Crippen LogP contribution >= 0.6 is 39.9 Å². The van der Waals surface area contributed by atoms with Crippen molar-refractivity contribution in [3.8, 4) is 0 Å². The molecule has 120 valence electrons. The van der Waals surface area contributed by atoms with Crippen molar-refractivity contribution < 1.29 is 4.74 Å². The van der Waals surface area contributed by atoms with Crippen LogP contribution in [0.5, 0.6) is 0 Å². The lowest BCUT2D eigenvalue weighted by atomic mass is 10.2. The Kier molecular flexibility index (Phi) is 6.10. The zero-order chi connectivity index (χ0) is 14.8. The Bertz CT molecular complexity index is 673. The molecule has 2 aromatic rings. The summed E-state index contributed by atoms with van der Waals surface area (Å²) >= 11 is 3.48. The molecule has 1 fully saturated rings. The van der Waals surface area contributed by atoms with Gasteiger partial charge < -0.3 is 20.4 Å². The summed E-state index contributed by atoms with van der Waals surface area (Å²) in [6.45, 7) is 4.92. The minimum Gasteiger partial charge on any atom is -0.375 e. The molecule has 0 amide bonds. The van der Waals surface area contributed by atoms with Crippen LogP contribution in [-0.4, -0.2) is 41.6 Å². The predicted molar refractivity (Wildman–Crippen MR) is 104 cm³/mol. The molecule has 1 saturated heterocycles. The Balaban J connectivity index is 0.00000176. The molecule has 0 radical (unpaired) electrons. The van der Waals surface area contributed by atoms with Crippen molar-refractivity contribution in [3.63, 3.8) is 0 Å². The Morgan fingerprint density at radius 2 is 2.32 bits per heavy atom. The number of H-pyrrole nitrogens is 1. The van der Waals surface area contributed by atoms with Crippen LogP contribution < -0.4 is 5.73 Å². The fraction of sp³-hybridized carbons (Fsp3) is 0.400. The normalized spacial score (nSPS) is 19.3. The number of ether oxygens (including phenoxy) is 1. The topological polar surface area (TPSA) is 66.6 Å². The van der Waals surface area contributed by atoms with E-state index < -0.39 is 0 Å². The molecule has 1 aromatic heterocycles. The summed E-state index contributed by atoms with van der Waals surface area (Å²) in [7, 11) is 0. The first kappa shape index (κ1) is 17.6. The summed E-state index contributed by atoms with van der Waals surface area (Å²) in [5, 5.41) is 1.17. The second-order valence-corrected chi connectivity index (χ2v) is 6.24. The SMILES string of the molecule is CC1CN(C(N)=NCc2cc3cc(Br)ccc3[nH]2)CCO1.I. The van der Waals surface area contributed by atoms with Gasteiger partial charge >= 0.3 is 0 Å². The molecule has 1 aliphatic rings. The van der Waals surface area contributed by atoms with Crippen molar-refractivity contribution in [2.24, 2.45) is 10.7 Å². The first-order valence-electron chi connectivity index (χ1n) is 7.05. The maximum Gasteiger partial charge on any atom is 0.191 e. The zero-order valence-corrected chi connectivity index (χ0v) is 16.3. The summed E-state index contributed by atoms with van der Waals surface area (Å²) in [5.74, 6) is 0.588. The number of morpholine rings is 1. The summed E-state index contributed by atoms with van der Waals surface area (Å²) in [5.41, 5.74) is 8.25. The first-order valence-corrected chi connectivity index (χ1v) is 7.85. The van der Waals surface area contributed by atoms with Crippen molar-refractivity contribution in [2.75, 3.05) is 19.7 Å². The molecule has 7 heteroatoms. The number of hydrogen-bond acceptors (Lipinski definition) is 2. The number of aliphatic imine (C=N–C) groups is 1. The number of nitrogens with one attached hydrogen (secondary N) is 1. The predicted octanol–water partition coefficient (Wildman–Crippen LogP) is 3.08. The van der Waals surface area contributed by atoms with Crippen molar-refractivity contribution in [1.82, 2.24) is 9.88 Å². The van der Waals surface area contributed by atoms with Crippen molar-refractivity contribution in [1.29, 1.82) is 0 Å². The summed E-state index contributed by atoms with van der Waals surface area (Å²) in [6.07, 6.45) is 0.206. The van der Waals surface area contributed by atoms with E-state index in [0.29, 0.717) is 19.1 Å². The number of nitrogens with two attached hydrogens (primary N) is 1. The molecular formula is C15H20BrIN4O. The summed E-state index contributed by atoms with van der Waals surface area (Å²) in [6, 6.07) is 8.28. The highest BCUT2D eigenvalue weighted by Gasteiger charge is 2.17. The lowest BCUT2D eigenvalue weighted by Crippen LogP contribution is -2.47. The lowest BCUT2D eigenvalue weighted by Gasteiger charge is -2.31. The van der Waals surface area contributed by atoms with E-state index in [1.165, 1.54) is 5.39 Å². The Morgan fingerprint density at radius 1 is 1.50 bits per heavy atom. The third-order valence-corrected chi connectivity index (χ3v) is 4.11. The molecule has 1 unspecified atom stereocenters. The van der Waals surface area contributed by atoms with Gasteiger partial charge in [0, 0.05) is 34.2 Å². The van der Waals surface area contributed by atoms with Gasteiger partial charge in [0.15, 0.2) is 5.96 Å². The van der Waals surface area contributed by atoms with Crippen LogP contribution in [0.1, 0.15) is 12.6 Å². The molecule has 2 heterocycles. The van der Waals surface area contributed by atoms with Crippen LogP contribution in [-0.2, 0) is 11.3 Å². The van der Waals surface area contributed by atoms with Crippen LogP contribution in [0.4, 0.5) is 0 Å². The van der Waals surface area contributed by atoms with E-state index in [4.69, 9.17) is 10.5 Å². The fourth-order valence-electron chi connectivity index (χ4n) is 2.54. The number of aromatic amines is 1. The van der Waals surface area contributed by atoms with Gasteiger partial charge in [-0.25, -0.2) is 4.99 Å². The quantitative estimate of drug-likeness (QED) is 0.396. The number of rotatable bonds is 2. The standard InChI is InChI=1S/C15H19BrN4O.HI/c1-10-9-20(4-5-21-10)15(17)18-8-13-7-11-6-12(16)2-3-14(11)19-13;/h2-3,6-7,10,19H,4-5,8-9H2,1H3,(H2,17,18);1H. The number of nitrogens with zero attached hydrogens (tertiary/aromatic N) is 2. The smallest absolute Gasteiger partial charge is 0.191 e. The molecule has 3 rings (SSSR count). The van der Waals surface area contributed by atoms with E-state index in [2.05, 4.69) is 55.9 Å². The lowest BCUT2D eigenvalue weighted by molar-refractivity contribution is 0.00528. The summed E-state index contributed by atoms with van der Waals surface area (Å²) < 4.78 is 6.58. The zero-order valence-electron chi connectivity index (χ0n) is 12.4. The second kappa shape index (κ2) is 7.65. The van der Waals surface area contributed by atoms with Gasteiger partial charge in [-0.15, -0.1) is 24.0 Å². The average molecular weight is 479 g/mol. The molecule has 3 N–H and O–H groups in total.